The van der Waals surface area contributed by atoms with Crippen LogP contribution < -0.4 is 9.47 Å². The smallest absolute Gasteiger partial charge is 0.295 e. The minimum absolute atomic E-state index is 0.0237. The van der Waals surface area contributed by atoms with E-state index in [9.17, 15) is 14.7 Å². The van der Waals surface area contributed by atoms with Crippen LogP contribution in [-0.2, 0) is 14.3 Å². The van der Waals surface area contributed by atoms with Gasteiger partial charge in [0.25, 0.3) is 11.7 Å². The van der Waals surface area contributed by atoms with Crippen molar-refractivity contribution in [2.24, 2.45) is 0 Å². The van der Waals surface area contributed by atoms with E-state index in [0.717, 1.165) is 0 Å². The number of ketones is 1. The van der Waals surface area contributed by atoms with Gasteiger partial charge in [0.15, 0.2) is 0 Å². The second-order valence-corrected chi connectivity index (χ2v) is 7.28. The van der Waals surface area contributed by atoms with E-state index in [1.54, 1.807) is 60.7 Å². The van der Waals surface area contributed by atoms with Crippen LogP contribution in [0, 0.1) is 0 Å². The zero-order chi connectivity index (χ0) is 23.8. The van der Waals surface area contributed by atoms with Crippen molar-refractivity contribution in [1.29, 1.82) is 0 Å². The summed E-state index contributed by atoms with van der Waals surface area (Å²) in [5.74, 6) is -0.453. The number of amides is 1. The van der Waals surface area contributed by atoms with Gasteiger partial charge in [-0.25, -0.2) is 0 Å². The number of benzene rings is 2. The van der Waals surface area contributed by atoms with Gasteiger partial charge in [0.2, 0.25) is 0 Å². The van der Waals surface area contributed by atoms with Crippen molar-refractivity contribution in [2.45, 2.75) is 6.04 Å². The molecule has 0 bridgehead atoms. The molecule has 1 atom stereocenters. The van der Waals surface area contributed by atoms with Gasteiger partial charge in [-0.2, -0.15) is 0 Å². The molecule has 1 N–H and O–H groups in total. The number of methoxy groups -OCH3 is 1. The van der Waals surface area contributed by atoms with Gasteiger partial charge >= 0.3 is 0 Å². The Kier molecular flexibility index (Phi) is 8.05. The molecular weight excluding hydrogens is 422 g/mol. The highest BCUT2D eigenvalue weighted by atomic mass is 16.5. The van der Waals surface area contributed by atoms with Crippen LogP contribution >= 0.6 is 0 Å². The zero-order valence-corrected chi connectivity index (χ0v) is 18.5. The van der Waals surface area contributed by atoms with Gasteiger partial charge in [-0.3, -0.25) is 9.59 Å². The summed E-state index contributed by atoms with van der Waals surface area (Å²) in [5, 5.41) is 11.1. The lowest BCUT2D eigenvalue weighted by atomic mass is 9.95. The molecular formula is C26H27NO6. The lowest BCUT2D eigenvalue weighted by Gasteiger charge is -2.25. The third kappa shape index (κ3) is 5.32. The predicted molar refractivity (Wildman–Crippen MR) is 125 cm³/mol. The van der Waals surface area contributed by atoms with E-state index in [1.165, 1.54) is 12.0 Å². The molecule has 7 nitrogen and oxygen atoms in total. The van der Waals surface area contributed by atoms with Gasteiger partial charge in [-0.15, -0.1) is 0 Å². The Morgan fingerprint density at radius 1 is 0.970 bits per heavy atom. The maximum Gasteiger partial charge on any atom is 0.295 e. The lowest BCUT2D eigenvalue weighted by molar-refractivity contribution is -0.140. The fourth-order valence-electron chi connectivity index (χ4n) is 3.57. The molecule has 7 heteroatoms. The molecule has 2 aromatic carbocycles. The molecule has 1 heterocycles. The van der Waals surface area contributed by atoms with E-state index in [4.69, 9.17) is 14.2 Å². The van der Waals surface area contributed by atoms with Crippen LogP contribution in [0.3, 0.4) is 0 Å². The average Bonchev–Trinajstić information content (AvgIpc) is 3.10. The molecule has 1 aliphatic rings. The summed E-state index contributed by atoms with van der Waals surface area (Å²) >= 11 is 0. The third-order valence-corrected chi connectivity index (χ3v) is 5.14. The molecule has 1 aliphatic heterocycles. The second-order valence-electron chi connectivity index (χ2n) is 7.28. The molecule has 1 fully saturated rings. The number of carbonyl (C=O) groups is 2. The van der Waals surface area contributed by atoms with E-state index in [2.05, 4.69) is 13.2 Å². The van der Waals surface area contributed by atoms with Crippen molar-refractivity contribution in [3.05, 3.63) is 90.5 Å². The molecule has 1 unspecified atom stereocenters. The van der Waals surface area contributed by atoms with Gasteiger partial charge in [-0.05, 0) is 42.0 Å². The fourth-order valence-corrected chi connectivity index (χ4v) is 3.57. The molecule has 0 radical (unpaired) electrons. The van der Waals surface area contributed by atoms with Crippen LogP contribution in [0.5, 0.6) is 11.5 Å². The Labute approximate surface area is 193 Å². The number of aliphatic hydroxyl groups is 1. The van der Waals surface area contributed by atoms with Crippen LogP contribution in [0.1, 0.15) is 17.2 Å². The minimum atomic E-state index is -0.759. The second kappa shape index (κ2) is 11.2. The largest absolute Gasteiger partial charge is 0.507 e. The topological polar surface area (TPSA) is 85.3 Å². The minimum Gasteiger partial charge on any atom is -0.507 e. The summed E-state index contributed by atoms with van der Waals surface area (Å²) in [5.41, 5.74) is 1.10. The molecule has 0 aromatic heterocycles. The van der Waals surface area contributed by atoms with Gasteiger partial charge in [0.1, 0.15) is 30.5 Å². The monoisotopic (exact) mass is 449 g/mol. The first-order valence-corrected chi connectivity index (χ1v) is 10.5. The Bertz CT molecular complexity index is 1040. The number of hydrogen-bond donors (Lipinski definition) is 1. The molecule has 33 heavy (non-hydrogen) atoms. The first kappa shape index (κ1) is 23.8. The first-order valence-electron chi connectivity index (χ1n) is 10.5. The van der Waals surface area contributed by atoms with Crippen LogP contribution in [-0.4, -0.2) is 55.2 Å². The number of rotatable bonds is 11. The molecule has 1 saturated heterocycles. The third-order valence-electron chi connectivity index (χ3n) is 5.14. The van der Waals surface area contributed by atoms with Crippen LogP contribution in [0.4, 0.5) is 0 Å². The maximum atomic E-state index is 13.0. The maximum absolute atomic E-state index is 13.0. The van der Waals surface area contributed by atoms with Crippen molar-refractivity contribution in [3.63, 3.8) is 0 Å². The van der Waals surface area contributed by atoms with Crippen molar-refractivity contribution in [1.82, 2.24) is 4.90 Å². The molecule has 0 spiro atoms. The molecule has 3 rings (SSSR count). The lowest BCUT2D eigenvalue weighted by Crippen LogP contribution is -2.32. The SMILES string of the molecule is C=CCOc1ccc(C(O)=C2C(=O)C(=O)N(CCOC)C2c2ccc(OCC=C)cc2)cc1. The van der Waals surface area contributed by atoms with Gasteiger partial charge in [-0.1, -0.05) is 37.4 Å². The van der Waals surface area contributed by atoms with Crippen molar-refractivity contribution in [2.75, 3.05) is 33.5 Å². The fraction of sp³-hybridized carbons (Fsp3) is 0.231. The quantitative estimate of drug-likeness (QED) is 0.243. The Morgan fingerprint density at radius 2 is 1.52 bits per heavy atom. The van der Waals surface area contributed by atoms with Gasteiger partial charge in [0.05, 0.1) is 18.2 Å². The highest BCUT2D eigenvalue weighted by Crippen LogP contribution is 2.39. The molecule has 0 saturated carbocycles. The molecule has 0 aliphatic carbocycles. The number of aliphatic hydroxyl groups excluding tert-OH is 1. The number of carbonyl (C=O) groups excluding carboxylic acids is 2. The summed E-state index contributed by atoms with van der Waals surface area (Å²) in [6.07, 6.45) is 3.27. The number of nitrogens with zero attached hydrogens (tertiary/aromatic N) is 1. The van der Waals surface area contributed by atoms with E-state index in [1.807, 2.05) is 0 Å². The van der Waals surface area contributed by atoms with Crippen molar-refractivity contribution in [3.8, 4) is 11.5 Å². The normalized spacial score (nSPS) is 17.1. The Hall–Kier alpha value is -3.84. The molecule has 172 valence electrons. The highest BCUT2D eigenvalue weighted by Gasteiger charge is 2.45. The van der Waals surface area contributed by atoms with E-state index >= 15 is 0 Å². The number of likely N-dealkylation sites (tertiary alicyclic amines) is 1. The zero-order valence-electron chi connectivity index (χ0n) is 18.5. The van der Waals surface area contributed by atoms with Crippen molar-refractivity contribution < 1.29 is 28.9 Å². The standard InChI is InChI=1S/C26H27NO6/c1-4-15-32-20-10-6-18(7-11-20)23-22(25(29)26(30)27(23)14-17-31-3)24(28)19-8-12-21(13-9-19)33-16-5-2/h4-13,23,28H,1-2,14-17H2,3H3. The van der Waals surface area contributed by atoms with Crippen LogP contribution in [0.25, 0.3) is 5.76 Å². The Balaban J connectivity index is 2.02. The van der Waals surface area contributed by atoms with Gasteiger partial charge < -0.3 is 24.2 Å². The first-order chi connectivity index (χ1) is 16.0. The van der Waals surface area contributed by atoms with Crippen LogP contribution in [0.15, 0.2) is 79.4 Å². The number of ether oxygens (including phenoxy) is 3. The number of hydrogen-bond acceptors (Lipinski definition) is 6. The van der Waals surface area contributed by atoms with E-state index in [0.29, 0.717) is 35.8 Å². The average molecular weight is 450 g/mol. The summed E-state index contributed by atoms with van der Waals surface area (Å²) in [4.78, 5) is 27.2. The summed E-state index contributed by atoms with van der Waals surface area (Å²) in [7, 11) is 1.52. The predicted octanol–water partition coefficient (Wildman–Crippen LogP) is 3.88. The molecule has 2 aromatic rings. The molecule has 1 amide bonds. The van der Waals surface area contributed by atoms with E-state index in [-0.39, 0.29) is 24.5 Å². The van der Waals surface area contributed by atoms with E-state index < -0.39 is 17.7 Å². The Morgan fingerprint density at radius 3 is 2.03 bits per heavy atom. The summed E-state index contributed by atoms with van der Waals surface area (Å²) < 4.78 is 16.1. The number of Topliss-reactive ketones (excluding diaryl/α,β-unsaturated/α-hetero) is 1. The van der Waals surface area contributed by atoms with Gasteiger partial charge in [0, 0.05) is 19.2 Å². The highest BCUT2D eigenvalue weighted by molar-refractivity contribution is 6.46. The summed E-state index contributed by atoms with van der Waals surface area (Å²) in [6, 6.07) is 12.9. The van der Waals surface area contributed by atoms with Crippen LogP contribution in [0.2, 0.25) is 0 Å². The van der Waals surface area contributed by atoms with Crippen molar-refractivity contribution >= 4 is 17.4 Å². The summed E-state index contributed by atoms with van der Waals surface area (Å²) in [6.45, 7) is 8.39.